The van der Waals surface area contributed by atoms with Crippen LogP contribution in [0.4, 0.5) is 5.69 Å². The molecule has 2 aromatic rings. The third-order valence-electron chi connectivity index (χ3n) is 4.97. The number of aryl methyl sites for hydroxylation is 4. The van der Waals surface area contributed by atoms with Gasteiger partial charge in [0, 0.05) is 11.7 Å². The second-order valence-corrected chi connectivity index (χ2v) is 6.99. The van der Waals surface area contributed by atoms with Crippen LogP contribution in [0.25, 0.3) is 0 Å². The molecule has 0 aliphatic heterocycles. The molecule has 0 spiro atoms. The number of hydrogen-bond donors (Lipinski definition) is 1. The lowest BCUT2D eigenvalue weighted by Gasteiger charge is -2.25. The molecule has 1 aliphatic rings. The zero-order valence-corrected chi connectivity index (χ0v) is 15.0. The molecule has 0 saturated carbocycles. The molecule has 3 rings (SSSR count). The molecule has 0 saturated heterocycles. The van der Waals surface area contributed by atoms with E-state index < -0.39 is 0 Å². The van der Waals surface area contributed by atoms with Crippen LogP contribution in [0.5, 0.6) is 0 Å². The summed E-state index contributed by atoms with van der Waals surface area (Å²) in [6.45, 7) is 6.59. The number of nitrogens with one attached hydrogen (secondary N) is 1. The first-order valence-electron chi connectivity index (χ1n) is 8.61. The SMILES string of the molecule is Cc1cc(C)c(NC(=O)CN(C)[C@H]2CCc3ccccc32)c(C)c1. The second-order valence-electron chi connectivity index (χ2n) is 6.99. The third-order valence-corrected chi connectivity index (χ3v) is 4.97. The molecular weight excluding hydrogens is 296 g/mol. The summed E-state index contributed by atoms with van der Waals surface area (Å²) >= 11 is 0. The molecule has 1 atom stereocenters. The van der Waals surface area contributed by atoms with Crippen molar-refractivity contribution < 1.29 is 4.79 Å². The summed E-state index contributed by atoms with van der Waals surface area (Å²) in [4.78, 5) is 14.7. The van der Waals surface area contributed by atoms with E-state index in [1.807, 2.05) is 20.9 Å². The van der Waals surface area contributed by atoms with Crippen LogP contribution < -0.4 is 5.32 Å². The predicted octanol–water partition coefficient (Wildman–Crippen LogP) is 4.17. The van der Waals surface area contributed by atoms with Gasteiger partial charge >= 0.3 is 0 Å². The number of likely N-dealkylation sites (N-methyl/N-ethyl adjacent to an activating group) is 1. The minimum absolute atomic E-state index is 0.0527. The van der Waals surface area contributed by atoms with Gasteiger partial charge in [0.1, 0.15) is 0 Å². The lowest BCUT2D eigenvalue weighted by molar-refractivity contribution is -0.117. The summed E-state index contributed by atoms with van der Waals surface area (Å²) in [5, 5.41) is 3.10. The lowest BCUT2D eigenvalue weighted by Crippen LogP contribution is -2.32. The number of anilines is 1. The first-order chi connectivity index (χ1) is 11.5. The molecule has 3 nitrogen and oxygen atoms in total. The molecule has 0 aromatic heterocycles. The van der Waals surface area contributed by atoms with Gasteiger partial charge in [-0.3, -0.25) is 9.69 Å². The number of carbonyl (C=O) groups is 1. The fourth-order valence-corrected chi connectivity index (χ4v) is 3.89. The Bertz CT molecular complexity index is 743. The minimum atomic E-state index is 0.0527. The Kier molecular flexibility index (Phi) is 4.72. The van der Waals surface area contributed by atoms with Gasteiger partial charge in [0.2, 0.25) is 5.91 Å². The quantitative estimate of drug-likeness (QED) is 0.916. The van der Waals surface area contributed by atoms with Crippen molar-refractivity contribution in [2.75, 3.05) is 18.9 Å². The summed E-state index contributed by atoms with van der Waals surface area (Å²) < 4.78 is 0. The Morgan fingerprint density at radius 1 is 1.17 bits per heavy atom. The molecule has 1 N–H and O–H groups in total. The Labute approximate surface area is 144 Å². The Balaban J connectivity index is 1.68. The van der Waals surface area contributed by atoms with Gasteiger partial charge in [-0.25, -0.2) is 0 Å². The van der Waals surface area contributed by atoms with Crippen LogP contribution in [0.15, 0.2) is 36.4 Å². The van der Waals surface area contributed by atoms with Gasteiger partial charge < -0.3 is 5.32 Å². The van der Waals surface area contributed by atoms with E-state index in [2.05, 4.69) is 53.5 Å². The molecule has 0 bridgehead atoms. The van der Waals surface area contributed by atoms with Crippen molar-refractivity contribution in [3.63, 3.8) is 0 Å². The summed E-state index contributed by atoms with van der Waals surface area (Å²) in [7, 11) is 2.04. The number of fused-ring (bicyclic) bond motifs is 1. The van der Waals surface area contributed by atoms with Crippen molar-refractivity contribution in [1.82, 2.24) is 4.90 Å². The highest BCUT2D eigenvalue weighted by molar-refractivity contribution is 5.93. The first kappa shape index (κ1) is 16.7. The van der Waals surface area contributed by atoms with Gasteiger partial charge in [-0.2, -0.15) is 0 Å². The summed E-state index contributed by atoms with van der Waals surface area (Å²) in [6, 6.07) is 13.1. The second kappa shape index (κ2) is 6.78. The molecule has 0 unspecified atom stereocenters. The topological polar surface area (TPSA) is 32.3 Å². The van der Waals surface area contributed by atoms with Crippen molar-refractivity contribution in [3.8, 4) is 0 Å². The maximum Gasteiger partial charge on any atom is 0.238 e. The highest BCUT2D eigenvalue weighted by Crippen LogP contribution is 2.34. The van der Waals surface area contributed by atoms with Gasteiger partial charge in [-0.15, -0.1) is 0 Å². The average Bonchev–Trinajstić information content (AvgIpc) is 2.95. The van der Waals surface area contributed by atoms with E-state index in [1.54, 1.807) is 0 Å². The van der Waals surface area contributed by atoms with Crippen LogP contribution in [-0.2, 0) is 11.2 Å². The van der Waals surface area contributed by atoms with Crippen molar-refractivity contribution in [2.45, 2.75) is 39.7 Å². The zero-order valence-electron chi connectivity index (χ0n) is 15.0. The average molecular weight is 322 g/mol. The standard InChI is InChI=1S/C21H26N2O/c1-14-11-15(2)21(16(3)12-14)22-20(24)13-23(4)19-10-9-17-7-5-6-8-18(17)19/h5-8,11-12,19H,9-10,13H2,1-4H3,(H,22,24)/t19-/m0/s1. The lowest BCUT2D eigenvalue weighted by atomic mass is 10.0. The first-order valence-corrected chi connectivity index (χ1v) is 8.61. The molecule has 2 aromatic carbocycles. The predicted molar refractivity (Wildman–Crippen MR) is 99.4 cm³/mol. The minimum Gasteiger partial charge on any atom is -0.324 e. The maximum absolute atomic E-state index is 12.5. The van der Waals surface area contributed by atoms with Crippen molar-refractivity contribution >= 4 is 11.6 Å². The van der Waals surface area contributed by atoms with E-state index in [4.69, 9.17) is 0 Å². The van der Waals surface area contributed by atoms with Gasteiger partial charge in [0.25, 0.3) is 0 Å². The molecule has 1 aliphatic carbocycles. The van der Waals surface area contributed by atoms with Gasteiger partial charge in [0.15, 0.2) is 0 Å². The number of hydrogen-bond acceptors (Lipinski definition) is 2. The van der Waals surface area contributed by atoms with Crippen LogP contribution in [0.2, 0.25) is 0 Å². The van der Waals surface area contributed by atoms with Crippen LogP contribution >= 0.6 is 0 Å². The van der Waals surface area contributed by atoms with E-state index in [0.29, 0.717) is 12.6 Å². The Hall–Kier alpha value is -2.13. The van der Waals surface area contributed by atoms with Gasteiger partial charge in [-0.1, -0.05) is 42.0 Å². The van der Waals surface area contributed by atoms with Crippen molar-refractivity contribution in [1.29, 1.82) is 0 Å². The smallest absolute Gasteiger partial charge is 0.238 e. The Morgan fingerprint density at radius 2 is 1.83 bits per heavy atom. The summed E-state index contributed by atoms with van der Waals surface area (Å²) in [5.41, 5.74) is 7.20. The van der Waals surface area contributed by atoms with E-state index in [1.165, 1.54) is 16.7 Å². The van der Waals surface area contributed by atoms with E-state index in [9.17, 15) is 4.79 Å². The molecule has 3 heteroatoms. The fourth-order valence-electron chi connectivity index (χ4n) is 3.89. The molecule has 1 amide bonds. The molecule has 0 heterocycles. The number of amides is 1. The van der Waals surface area contributed by atoms with Crippen LogP contribution in [0, 0.1) is 20.8 Å². The van der Waals surface area contributed by atoms with Crippen molar-refractivity contribution in [3.05, 3.63) is 64.2 Å². The number of benzene rings is 2. The third kappa shape index (κ3) is 3.36. The highest BCUT2D eigenvalue weighted by atomic mass is 16.2. The molecule has 0 fully saturated rings. The van der Waals surface area contributed by atoms with Crippen LogP contribution in [0.3, 0.4) is 0 Å². The fraction of sp³-hybridized carbons (Fsp3) is 0.381. The van der Waals surface area contributed by atoms with E-state index >= 15 is 0 Å². The molecular formula is C21H26N2O. The molecule has 24 heavy (non-hydrogen) atoms. The molecule has 126 valence electrons. The molecule has 0 radical (unpaired) electrons. The van der Waals surface area contributed by atoms with Crippen LogP contribution in [-0.4, -0.2) is 24.4 Å². The summed E-state index contributed by atoms with van der Waals surface area (Å²) in [5.74, 6) is 0.0527. The largest absolute Gasteiger partial charge is 0.324 e. The van der Waals surface area contributed by atoms with Gasteiger partial charge in [0.05, 0.1) is 6.54 Å². The highest BCUT2D eigenvalue weighted by Gasteiger charge is 2.26. The van der Waals surface area contributed by atoms with Crippen molar-refractivity contribution in [2.24, 2.45) is 0 Å². The number of carbonyl (C=O) groups excluding carboxylic acids is 1. The number of nitrogens with zero attached hydrogens (tertiary/aromatic N) is 1. The van der Waals surface area contributed by atoms with Gasteiger partial charge in [-0.05, 0) is 62.9 Å². The normalized spacial score (nSPS) is 16.3. The monoisotopic (exact) mass is 322 g/mol. The maximum atomic E-state index is 12.5. The number of rotatable bonds is 4. The van der Waals surface area contributed by atoms with Crippen LogP contribution in [0.1, 0.15) is 40.3 Å². The van der Waals surface area contributed by atoms with E-state index in [0.717, 1.165) is 29.7 Å². The zero-order chi connectivity index (χ0) is 17.3. The Morgan fingerprint density at radius 3 is 2.54 bits per heavy atom. The van der Waals surface area contributed by atoms with E-state index in [-0.39, 0.29) is 5.91 Å². The summed E-state index contributed by atoms with van der Waals surface area (Å²) in [6.07, 6.45) is 2.19.